The van der Waals surface area contributed by atoms with Crippen molar-refractivity contribution in [1.29, 1.82) is 0 Å². The van der Waals surface area contributed by atoms with Gasteiger partial charge >= 0.3 is 0 Å². The largest absolute Gasteiger partial charge is 0.493 e. The summed E-state index contributed by atoms with van der Waals surface area (Å²) in [5.74, 6) is 0.773. The molecule has 7 nitrogen and oxygen atoms in total. The van der Waals surface area contributed by atoms with Crippen LogP contribution in [0.15, 0.2) is 23.1 Å². The lowest BCUT2D eigenvalue weighted by Gasteiger charge is -2.24. The van der Waals surface area contributed by atoms with E-state index in [2.05, 4.69) is 10.3 Å². The number of rotatable bonds is 7. The molecular weight excluding hydrogens is 515 g/mol. The number of thioether (sulfide) groups is 1. The Morgan fingerprint density at radius 3 is 2.78 bits per heavy atom. The molecule has 1 saturated carbocycles. The summed E-state index contributed by atoms with van der Waals surface area (Å²) in [4.78, 5) is 33.3. The average Bonchev–Trinajstić information content (AvgIpc) is 3.40. The number of hydrogen-bond donors (Lipinski definition) is 1. The van der Waals surface area contributed by atoms with Crippen molar-refractivity contribution in [2.45, 2.75) is 63.9 Å². The molecule has 0 bridgehead atoms. The molecule has 1 aliphatic heterocycles. The highest BCUT2D eigenvalue weighted by Gasteiger charge is 2.33. The van der Waals surface area contributed by atoms with Crippen LogP contribution < -0.4 is 14.8 Å². The number of anilines is 1. The van der Waals surface area contributed by atoms with Crippen LogP contribution >= 0.6 is 35.3 Å². The van der Waals surface area contributed by atoms with Gasteiger partial charge in [0.15, 0.2) is 16.6 Å². The smallest absolute Gasteiger partial charge is 0.266 e. The van der Waals surface area contributed by atoms with Crippen molar-refractivity contribution in [2.75, 3.05) is 19.0 Å². The number of thiocarbonyl (C=S) groups is 1. The first kappa shape index (κ1) is 25.2. The van der Waals surface area contributed by atoms with Gasteiger partial charge in [-0.3, -0.25) is 14.5 Å². The Labute approximate surface area is 224 Å². The maximum atomic E-state index is 13.1. The third-order valence-electron chi connectivity index (χ3n) is 6.60. The molecule has 5 rings (SSSR count). The van der Waals surface area contributed by atoms with Crippen LogP contribution in [0.25, 0.3) is 6.08 Å². The number of thiazole rings is 1. The Bertz CT molecular complexity index is 1180. The minimum atomic E-state index is -0.301. The Hall–Kier alpha value is -2.43. The highest BCUT2D eigenvalue weighted by molar-refractivity contribution is 8.26. The third kappa shape index (κ3) is 5.76. The lowest BCUT2D eigenvalue weighted by Crippen LogP contribution is -2.36. The highest BCUT2D eigenvalue weighted by atomic mass is 32.2. The van der Waals surface area contributed by atoms with Gasteiger partial charge in [-0.05, 0) is 75.1 Å². The second-order valence-electron chi connectivity index (χ2n) is 9.20. The third-order valence-corrected chi connectivity index (χ3v) is 9.05. The maximum Gasteiger partial charge on any atom is 0.266 e. The summed E-state index contributed by atoms with van der Waals surface area (Å²) in [7, 11) is 1.61. The summed E-state index contributed by atoms with van der Waals surface area (Å²) >= 11 is 8.13. The van der Waals surface area contributed by atoms with E-state index in [9.17, 15) is 9.59 Å². The molecule has 190 valence electrons. The second-order valence-corrected chi connectivity index (χ2v) is 12.0. The summed E-state index contributed by atoms with van der Waals surface area (Å²) < 4.78 is 12.1. The average molecular weight is 544 g/mol. The van der Waals surface area contributed by atoms with E-state index in [1.807, 2.05) is 18.2 Å². The van der Waals surface area contributed by atoms with Gasteiger partial charge in [-0.25, -0.2) is 4.98 Å². The predicted octanol–water partition coefficient (Wildman–Crippen LogP) is 5.58. The Morgan fingerprint density at radius 2 is 2.00 bits per heavy atom. The first-order valence-corrected chi connectivity index (χ1v) is 14.4. The van der Waals surface area contributed by atoms with Gasteiger partial charge in [-0.1, -0.05) is 36.5 Å². The quantitative estimate of drug-likeness (QED) is 0.361. The van der Waals surface area contributed by atoms with Gasteiger partial charge in [0.1, 0.15) is 10.9 Å². The van der Waals surface area contributed by atoms with Crippen molar-refractivity contribution in [2.24, 2.45) is 0 Å². The number of aryl methyl sites for hydroxylation is 2. The molecule has 1 aromatic heterocycles. The van der Waals surface area contributed by atoms with Crippen molar-refractivity contribution in [3.63, 3.8) is 0 Å². The van der Waals surface area contributed by atoms with Crippen LogP contribution in [0.5, 0.6) is 11.5 Å². The van der Waals surface area contributed by atoms with Crippen molar-refractivity contribution < 1.29 is 19.1 Å². The molecule has 0 radical (unpaired) electrons. The van der Waals surface area contributed by atoms with E-state index in [0.29, 0.717) is 20.1 Å². The fraction of sp³-hybridized carbons (Fsp3) is 0.462. The summed E-state index contributed by atoms with van der Waals surface area (Å²) in [6.07, 6.45) is 12.0. The molecule has 36 heavy (non-hydrogen) atoms. The van der Waals surface area contributed by atoms with Gasteiger partial charge in [0.25, 0.3) is 5.91 Å². The van der Waals surface area contributed by atoms with Crippen LogP contribution in [-0.2, 0) is 22.4 Å². The SMILES string of the molecule is COc1cc(/C=C2\SC(=S)N(CC(=O)Nc3nc4c(s3)CCCC4)C2=O)ccc1OC1CCCCC1. The molecule has 10 heteroatoms. The first-order chi connectivity index (χ1) is 17.5. The number of nitrogens with zero attached hydrogens (tertiary/aromatic N) is 2. The summed E-state index contributed by atoms with van der Waals surface area (Å²) in [6, 6.07) is 5.66. The van der Waals surface area contributed by atoms with Crippen molar-refractivity contribution in [3.8, 4) is 11.5 Å². The number of fused-ring (bicyclic) bond motifs is 1. The van der Waals surface area contributed by atoms with E-state index >= 15 is 0 Å². The van der Waals surface area contributed by atoms with E-state index in [0.717, 1.165) is 55.5 Å². The number of nitrogens with one attached hydrogen (secondary N) is 1. The van der Waals surface area contributed by atoms with Gasteiger partial charge in [0.2, 0.25) is 5.91 Å². The summed E-state index contributed by atoms with van der Waals surface area (Å²) in [5, 5.41) is 3.44. The lowest BCUT2D eigenvalue weighted by atomic mass is 9.98. The Balaban J connectivity index is 1.23. The van der Waals surface area contributed by atoms with E-state index in [1.165, 1.54) is 52.1 Å². The molecule has 0 spiro atoms. The van der Waals surface area contributed by atoms with Gasteiger partial charge in [-0.2, -0.15) is 0 Å². The topological polar surface area (TPSA) is 80.8 Å². The molecule has 1 aromatic carbocycles. The summed E-state index contributed by atoms with van der Waals surface area (Å²) in [6.45, 7) is -0.135. The van der Waals surface area contributed by atoms with Crippen LogP contribution in [0.1, 0.15) is 61.1 Å². The molecule has 2 aliphatic carbocycles. The number of carbonyl (C=O) groups is 2. The zero-order valence-corrected chi connectivity index (χ0v) is 22.7. The van der Waals surface area contributed by atoms with Gasteiger partial charge in [-0.15, -0.1) is 11.3 Å². The highest BCUT2D eigenvalue weighted by Crippen LogP contribution is 2.36. The second kappa shape index (κ2) is 11.3. The fourth-order valence-electron chi connectivity index (χ4n) is 4.73. The fourth-order valence-corrected chi connectivity index (χ4v) is 7.05. The molecular formula is C26H29N3O4S3. The molecule has 2 aromatic rings. The van der Waals surface area contributed by atoms with Crippen molar-refractivity contribution in [3.05, 3.63) is 39.2 Å². The Kier molecular flexibility index (Phi) is 7.93. The lowest BCUT2D eigenvalue weighted by molar-refractivity contribution is -0.126. The van der Waals surface area contributed by atoms with E-state index in [4.69, 9.17) is 21.7 Å². The van der Waals surface area contributed by atoms with Crippen LogP contribution in [0.2, 0.25) is 0 Å². The normalized spacial score (nSPS) is 19.5. The Morgan fingerprint density at radius 1 is 1.19 bits per heavy atom. The standard InChI is InChI=1S/C26H29N3O4S3/c1-32-20-13-16(11-12-19(20)33-17-7-3-2-4-8-17)14-22-24(31)29(26(34)36-22)15-23(30)28-25-27-18-9-5-6-10-21(18)35-25/h11-14,17H,2-10,15H2,1H3,(H,27,28,30)/b22-14-. The molecule has 2 heterocycles. The molecule has 3 aliphatic rings. The van der Waals surface area contributed by atoms with Gasteiger partial charge < -0.3 is 14.8 Å². The number of benzene rings is 1. The molecule has 1 N–H and O–H groups in total. The van der Waals surface area contributed by atoms with E-state index < -0.39 is 0 Å². The zero-order valence-electron chi connectivity index (χ0n) is 20.2. The minimum Gasteiger partial charge on any atom is -0.493 e. The number of amides is 2. The van der Waals surface area contributed by atoms with E-state index in [1.54, 1.807) is 13.2 Å². The minimum absolute atomic E-state index is 0.135. The van der Waals surface area contributed by atoms with Crippen LogP contribution in [-0.4, -0.2) is 45.8 Å². The number of carbonyl (C=O) groups excluding carboxylic acids is 2. The van der Waals surface area contributed by atoms with Crippen LogP contribution in [0.4, 0.5) is 5.13 Å². The van der Waals surface area contributed by atoms with Gasteiger partial charge in [0.05, 0.1) is 23.8 Å². The predicted molar refractivity (Wildman–Crippen MR) is 148 cm³/mol. The van der Waals surface area contributed by atoms with Gasteiger partial charge in [0, 0.05) is 4.88 Å². The van der Waals surface area contributed by atoms with Crippen molar-refractivity contribution >= 4 is 62.7 Å². The number of hydrogen-bond acceptors (Lipinski definition) is 8. The zero-order chi connectivity index (χ0) is 25.1. The van der Waals surface area contributed by atoms with Crippen LogP contribution in [0, 0.1) is 0 Å². The molecule has 1 saturated heterocycles. The molecule has 2 fully saturated rings. The maximum absolute atomic E-state index is 13.1. The molecule has 0 unspecified atom stereocenters. The number of methoxy groups -OCH3 is 1. The number of ether oxygens (including phenoxy) is 2. The van der Waals surface area contributed by atoms with E-state index in [-0.39, 0.29) is 24.5 Å². The monoisotopic (exact) mass is 543 g/mol. The first-order valence-electron chi connectivity index (χ1n) is 12.4. The number of aromatic nitrogens is 1. The summed E-state index contributed by atoms with van der Waals surface area (Å²) in [5.41, 5.74) is 1.89. The molecule has 2 amide bonds. The molecule has 0 atom stereocenters. The van der Waals surface area contributed by atoms with Crippen LogP contribution in [0.3, 0.4) is 0 Å². The van der Waals surface area contributed by atoms with Crippen molar-refractivity contribution in [1.82, 2.24) is 9.88 Å².